The SMILES string of the molecule is CCNC(c1cccc(C)c1)c1cc(C)ccc1F. The standard InChI is InChI=1S/C17H20FN/c1-4-19-17(14-7-5-6-12(2)10-14)15-11-13(3)8-9-16(15)18/h5-11,17,19H,4H2,1-3H3. The number of aryl methyl sites for hydroxylation is 2. The molecule has 1 atom stereocenters. The van der Waals surface area contributed by atoms with E-state index in [0.717, 1.165) is 17.7 Å². The predicted octanol–water partition coefficient (Wildman–Crippen LogP) is 4.14. The molecular formula is C17H20FN. The van der Waals surface area contributed by atoms with E-state index >= 15 is 0 Å². The molecule has 100 valence electrons. The molecule has 1 unspecified atom stereocenters. The smallest absolute Gasteiger partial charge is 0.128 e. The summed E-state index contributed by atoms with van der Waals surface area (Å²) in [6, 6.07) is 13.4. The Morgan fingerprint density at radius 3 is 2.47 bits per heavy atom. The maximum Gasteiger partial charge on any atom is 0.128 e. The monoisotopic (exact) mass is 257 g/mol. The highest BCUT2D eigenvalue weighted by Crippen LogP contribution is 2.26. The van der Waals surface area contributed by atoms with Crippen LogP contribution in [0.5, 0.6) is 0 Å². The van der Waals surface area contributed by atoms with Gasteiger partial charge < -0.3 is 5.32 Å². The van der Waals surface area contributed by atoms with Gasteiger partial charge in [-0.2, -0.15) is 0 Å². The minimum Gasteiger partial charge on any atom is -0.306 e. The van der Waals surface area contributed by atoms with E-state index in [2.05, 4.69) is 24.4 Å². The number of halogens is 1. The molecule has 2 heteroatoms. The fourth-order valence-electron chi connectivity index (χ4n) is 2.35. The topological polar surface area (TPSA) is 12.0 Å². The average Bonchev–Trinajstić information content (AvgIpc) is 2.39. The summed E-state index contributed by atoms with van der Waals surface area (Å²) in [6.45, 7) is 6.88. The fraction of sp³-hybridized carbons (Fsp3) is 0.294. The third kappa shape index (κ3) is 3.21. The first-order valence-corrected chi connectivity index (χ1v) is 6.68. The van der Waals surface area contributed by atoms with Crippen LogP contribution < -0.4 is 5.32 Å². The van der Waals surface area contributed by atoms with Crippen LogP contribution in [0.3, 0.4) is 0 Å². The maximum absolute atomic E-state index is 14.1. The summed E-state index contributed by atoms with van der Waals surface area (Å²) in [5, 5.41) is 3.37. The number of nitrogens with one attached hydrogen (secondary N) is 1. The van der Waals surface area contributed by atoms with Crippen LogP contribution in [0.1, 0.15) is 35.2 Å². The van der Waals surface area contributed by atoms with Gasteiger partial charge in [-0.15, -0.1) is 0 Å². The van der Waals surface area contributed by atoms with Crippen LogP contribution in [-0.4, -0.2) is 6.54 Å². The minimum atomic E-state index is -0.155. The van der Waals surface area contributed by atoms with Crippen LogP contribution in [0.4, 0.5) is 4.39 Å². The van der Waals surface area contributed by atoms with Gasteiger partial charge >= 0.3 is 0 Å². The molecule has 2 aromatic rings. The molecule has 0 saturated heterocycles. The number of benzene rings is 2. The first-order chi connectivity index (χ1) is 9.11. The Bertz CT molecular complexity index is 563. The van der Waals surface area contributed by atoms with Crippen LogP contribution >= 0.6 is 0 Å². The summed E-state index contributed by atoms with van der Waals surface area (Å²) < 4.78 is 14.1. The Morgan fingerprint density at radius 2 is 1.79 bits per heavy atom. The van der Waals surface area contributed by atoms with E-state index in [-0.39, 0.29) is 11.9 Å². The van der Waals surface area contributed by atoms with Crippen molar-refractivity contribution in [3.8, 4) is 0 Å². The van der Waals surface area contributed by atoms with E-state index in [1.54, 1.807) is 12.1 Å². The van der Waals surface area contributed by atoms with Gasteiger partial charge in [0.15, 0.2) is 0 Å². The van der Waals surface area contributed by atoms with Gasteiger partial charge in [-0.3, -0.25) is 0 Å². The minimum absolute atomic E-state index is 0.0928. The zero-order valence-electron chi connectivity index (χ0n) is 11.7. The first kappa shape index (κ1) is 13.8. The van der Waals surface area contributed by atoms with Crippen LogP contribution in [0.2, 0.25) is 0 Å². The zero-order chi connectivity index (χ0) is 13.8. The molecule has 0 amide bonds. The number of hydrogen-bond acceptors (Lipinski definition) is 1. The van der Waals surface area contributed by atoms with Crippen molar-refractivity contribution in [1.29, 1.82) is 0 Å². The van der Waals surface area contributed by atoms with Gasteiger partial charge in [0.05, 0.1) is 6.04 Å². The second-order valence-electron chi connectivity index (χ2n) is 4.93. The molecule has 2 rings (SSSR count). The van der Waals surface area contributed by atoms with E-state index in [4.69, 9.17) is 0 Å². The Labute approximate surface area is 114 Å². The summed E-state index contributed by atoms with van der Waals surface area (Å²) in [7, 11) is 0. The molecule has 0 saturated carbocycles. The molecular weight excluding hydrogens is 237 g/mol. The molecule has 0 spiro atoms. The summed E-state index contributed by atoms with van der Waals surface area (Å²) in [6.07, 6.45) is 0. The van der Waals surface area contributed by atoms with E-state index in [1.165, 1.54) is 5.56 Å². The fourth-order valence-corrected chi connectivity index (χ4v) is 2.35. The summed E-state index contributed by atoms with van der Waals surface area (Å²) in [4.78, 5) is 0. The zero-order valence-corrected chi connectivity index (χ0v) is 11.7. The second-order valence-corrected chi connectivity index (χ2v) is 4.93. The normalized spacial score (nSPS) is 12.4. The van der Waals surface area contributed by atoms with Crippen molar-refractivity contribution >= 4 is 0 Å². The van der Waals surface area contributed by atoms with Gasteiger partial charge in [0, 0.05) is 5.56 Å². The lowest BCUT2D eigenvalue weighted by Gasteiger charge is -2.20. The average molecular weight is 257 g/mol. The molecule has 1 nitrogen and oxygen atoms in total. The van der Waals surface area contributed by atoms with Crippen LogP contribution in [0.15, 0.2) is 42.5 Å². The third-order valence-electron chi connectivity index (χ3n) is 3.25. The van der Waals surface area contributed by atoms with E-state index in [1.807, 2.05) is 32.0 Å². The molecule has 0 aliphatic rings. The summed E-state index contributed by atoms with van der Waals surface area (Å²) >= 11 is 0. The molecule has 0 radical (unpaired) electrons. The van der Waals surface area contributed by atoms with Gasteiger partial charge in [-0.1, -0.05) is 54.4 Å². The Balaban J connectivity index is 2.48. The van der Waals surface area contributed by atoms with E-state index in [9.17, 15) is 4.39 Å². The Morgan fingerprint density at radius 1 is 1.05 bits per heavy atom. The first-order valence-electron chi connectivity index (χ1n) is 6.68. The van der Waals surface area contributed by atoms with E-state index in [0.29, 0.717) is 5.56 Å². The van der Waals surface area contributed by atoms with Crippen molar-refractivity contribution in [2.75, 3.05) is 6.54 Å². The van der Waals surface area contributed by atoms with Gasteiger partial charge in [0.25, 0.3) is 0 Å². The highest BCUT2D eigenvalue weighted by atomic mass is 19.1. The van der Waals surface area contributed by atoms with Crippen molar-refractivity contribution in [3.63, 3.8) is 0 Å². The van der Waals surface area contributed by atoms with Gasteiger partial charge in [-0.25, -0.2) is 4.39 Å². The molecule has 1 N–H and O–H groups in total. The van der Waals surface area contributed by atoms with Crippen molar-refractivity contribution in [1.82, 2.24) is 5.32 Å². The Kier molecular flexibility index (Phi) is 4.33. The lowest BCUT2D eigenvalue weighted by molar-refractivity contribution is 0.558. The second kappa shape index (κ2) is 5.98. The van der Waals surface area contributed by atoms with Crippen LogP contribution in [0, 0.1) is 19.7 Å². The molecule has 0 heterocycles. The number of hydrogen-bond donors (Lipinski definition) is 1. The quantitative estimate of drug-likeness (QED) is 0.868. The summed E-state index contributed by atoms with van der Waals surface area (Å²) in [5.41, 5.74) is 4.08. The molecule has 0 aromatic heterocycles. The molecule has 0 fully saturated rings. The number of rotatable bonds is 4. The highest BCUT2D eigenvalue weighted by Gasteiger charge is 2.17. The third-order valence-corrected chi connectivity index (χ3v) is 3.25. The van der Waals surface area contributed by atoms with Crippen LogP contribution in [0.25, 0.3) is 0 Å². The van der Waals surface area contributed by atoms with Crippen molar-refractivity contribution in [2.24, 2.45) is 0 Å². The van der Waals surface area contributed by atoms with Gasteiger partial charge in [0.1, 0.15) is 5.82 Å². The summed E-state index contributed by atoms with van der Waals surface area (Å²) in [5.74, 6) is -0.155. The molecule has 0 aliphatic heterocycles. The highest BCUT2D eigenvalue weighted by molar-refractivity contribution is 5.36. The molecule has 2 aromatic carbocycles. The molecule has 0 aliphatic carbocycles. The van der Waals surface area contributed by atoms with Gasteiger partial charge in [-0.05, 0) is 32.0 Å². The molecule has 0 bridgehead atoms. The van der Waals surface area contributed by atoms with Crippen molar-refractivity contribution in [3.05, 3.63) is 70.5 Å². The molecule has 19 heavy (non-hydrogen) atoms. The van der Waals surface area contributed by atoms with Crippen LogP contribution in [-0.2, 0) is 0 Å². The Hall–Kier alpha value is -1.67. The lowest BCUT2D eigenvalue weighted by atomic mass is 9.95. The lowest BCUT2D eigenvalue weighted by Crippen LogP contribution is -2.23. The predicted molar refractivity (Wildman–Crippen MR) is 77.8 cm³/mol. The largest absolute Gasteiger partial charge is 0.306 e. The van der Waals surface area contributed by atoms with Gasteiger partial charge in [0.2, 0.25) is 0 Å². The van der Waals surface area contributed by atoms with E-state index < -0.39 is 0 Å². The van der Waals surface area contributed by atoms with Crippen molar-refractivity contribution < 1.29 is 4.39 Å². The van der Waals surface area contributed by atoms with Crippen molar-refractivity contribution in [2.45, 2.75) is 26.8 Å². The maximum atomic E-state index is 14.1.